The van der Waals surface area contributed by atoms with E-state index in [0.29, 0.717) is 0 Å². The van der Waals surface area contributed by atoms with Crippen molar-refractivity contribution in [1.82, 2.24) is 0 Å². The maximum Gasteiger partial charge on any atom is 0.0351 e. The Morgan fingerprint density at radius 3 is 1.86 bits per heavy atom. The molecule has 1 heteroatoms. The Bertz CT molecular complexity index is 551. The Balaban J connectivity index is -0.000000230. The minimum atomic E-state index is 0.796. The molecule has 1 aromatic rings. The van der Waals surface area contributed by atoms with Gasteiger partial charge in [-0.25, -0.2) is 0 Å². The highest BCUT2D eigenvalue weighted by atomic mass is 16.4. The number of ether oxygens (including phenoxy) is 1. The van der Waals surface area contributed by atoms with Gasteiger partial charge in [0.05, 0.1) is 0 Å². The number of aryl methyl sites for hydroxylation is 1. The van der Waals surface area contributed by atoms with E-state index in [1.54, 1.807) is 14.2 Å². The molecule has 0 amide bonds. The first kappa shape index (κ1) is 40.6. The third-order valence-electron chi connectivity index (χ3n) is 5.26. The summed E-state index contributed by atoms with van der Waals surface area (Å²) in [7, 11) is 3.25. The third kappa shape index (κ3) is 39.9. The van der Waals surface area contributed by atoms with Gasteiger partial charge in [-0.15, -0.1) is 0 Å². The van der Waals surface area contributed by atoms with Crippen LogP contribution >= 0.6 is 0 Å². The van der Waals surface area contributed by atoms with Crippen molar-refractivity contribution in [2.24, 2.45) is 5.92 Å². The van der Waals surface area contributed by atoms with Gasteiger partial charge in [-0.05, 0) is 63.9 Å². The third-order valence-corrected chi connectivity index (χ3v) is 5.26. The van der Waals surface area contributed by atoms with Gasteiger partial charge < -0.3 is 4.74 Å². The number of methoxy groups -OCH3 is 1. The lowest BCUT2D eigenvalue weighted by Gasteiger charge is -2.08. The minimum absolute atomic E-state index is 0.796. The van der Waals surface area contributed by atoms with Crippen molar-refractivity contribution in [3.63, 3.8) is 0 Å². The zero-order valence-corrected chi connectivity index (χ0v) is 25.9. The van der Waals surface area contributed by atoms with Gasteiger partial charge in [0.15, 0.2) is 0 Å². The zero-order valence-electron chi connectivity index (χ0n) is 25.9. The first-order valence-corrected chi connectivity index (χ1v) is 14.3. The number of rotatable bonds is 12. The summed E-state index contributed by atoms with van der Waals surface area (Å²) in [6.07, 6.45) is 19.3. The van der Waals surface area contributed by atoms with E-state index < -0.39 is 0 Å². The molecule has 0 fully saturated rings. The van der Waals surface area contributed by atoms with Gasteiger partial charge in [0.25, 0.3) is 0 Å². The van der Waals surface area contributed by atoms with Gasteiger partial charge in [0.2, 0.25) is 0 Å². The summed E-state index contributed by atoms with van der Waals surface area (Å²) < 4.78 is 4.25. The van der Waals surface area contributed by atoms with Crippen molar-refractivity contribution in [1.29, 1.82) is 0 Å². The predicted molar refractivity (Wildman–Crippen MR) is 166 cm³/mol. The second-order valence-electron chi connectivity index (χ2n) is 8.78. The van der Waals surface area contributed by atoms with Gasteiger partial charge >= 0.3 is 0 Å². The molecule has 0 bridgehead atoms. The molecule has 0 saturated heterocycles. The summed E-state index contributed by atoms with van der Waals surface area (Å²) >= 11 is 0. The van der Waals surface area contributed by atoms with Crippen LogP contribution in [-0.4, -0.2) is 14.2 Å². The fourth-order valence-corrected chi connectivity index (χ4v) is 2.66. The Labute approximate surface area is 223 Å². The van der Waals surface area contributed by atoms with Gasteiger partial charge in [0.1, 0.15) is 0 Å². The van der Waals surface area contributed by atoms with Crippen LogP contribution < -0.4 is 0 Å². The summed E-state index contributed by atoms with van der Waals surface area (Å²) in [6.45, 7) is 23.5. The largest absolute Gasteiger partial charge is 0.388 e. The molecule has 206 valence electrons. The van der Waals surface area contributed by atoms with Crippen LogP contribution in [0.15, 0.2) is 66.3 Å². The standard InChI is InChI=1S/C18H32.C8H10.C4H10.C2H6O.C2H6/c1-6-8-11-17(4)14-10-15-18(5)13-9-12-16(3)7-2;1-2-8-6-4-3-5-7-8;1-3-4-2;1-3-2;1-2/h7,10,14,18H,4,6,8-9,11-13,15H2,1-3,5H3;3-7H,2H2,1H3;3-4H2,1-2H3;1-2H3;1-2H3/b14-10-,16-7-;;;;. The van der Waals surface area contributed by atoms with E-state index in [-0.39, 0.29) is 0 Å². The van der Waals surface area contributed by atoms with Crippen LogP contribution in [0.4, 0.5) is 0 Å². The molecule has 0 heterocycles. The Kier molecular flexibility index (Phi) is 42.8. The normalized spacial score (nSPS) is 10.9. The fourth-order valence-electron chi connectivity index (χ4n) is 2.66. The van der Waals surface area contributed by atoms with E-state index in [0.717, 1.165) is 18.8 Å². The second-order valence-corrected chi connectivity index (χ2v) is 8.78. The summed E-state index contributed by atoms with van der Waals surface area (Å²) in [5.41, 5.74) is 4.21. The van der Waals surface area contributed by atoms with E-state index >= 15 is 0 Å². The van der Waals surface area contributed by atoms with E-state index in [2.05, 4.69) is 102 Å². The molecule has 1 rings (SSSR count). The summed E-state index contributed by atoms with van der Waals surface area (Å²) in [5, 5.41) is 0. The molecule has 1 nitrogen and oxygen atoms in total. The first-order chi connectivity index (χ1) is 16.9. The average Bonchev–Trinajstić information content (AvgIpc) is 2.90. The molecule has 0 aliphatic carbocycles. The van der Waals surface area contributed by atoms with Crippen LogP contribution in [0.5, 0.6) is 0 Å². The van der Waals surface area contributed by atoms with Gasteiger partial charge in [0, 0.05) is 14.2 Å². The van der Waals surface area contributed by atoms with Crippen molar-refractivity contribution in [2.75, 3.05) is 14.2 Å². The van der Waals surface area contributed by atoms with Crippen LogP contribution in [-0.2, 0) is 11.2 Å². The van der Waals surface area contributed by atoms with E-state index in [9.17, 15) is 0 Å². The molecule has 1 atom stereocenters. The fraction of sp³-hybridized carbons (Fsp3) is 0.647. The molecule has 0 N–H and O–H groups in total. The molecule has 1 unspecified atom stereocenters. The van der Waals surface area contributed by atoms with Crippen molar-refractivity contribution < 1.29 is 4.74 Å². The maximum atomic E-state index is 4.25. The Morgan fingerprint density at radius 1 is 0.914 bits per heavy atom. The number of benzene rings is 1. The molecule has 0 aliphatic rings. The lowest BCUT2D eigenvalue weighted by atomic mass is 9.98. The van der Waals surface area contributed by atoms with Gasteiger partial charge in [-0.2, -0.15) is 0 Å². The van der Waals surface area contributed by atoms with Crippen LogP contribution in [0.1, 0.15) is 126 Å². The lowest BCUT2D eigenvalue weighted by Crippen LogP contribution is -1.93. The molecule has 0 spiro atoms. The van der Waals surface area contributed by atoms with E-state index in [1.165, 1.54) is 68.1 Å². The van der Waals surface area contributed by atoms with Gasteiger partial charge in [-0.1, -0.05) is 140 Å². The molecule has 0 saturated carbocycles. The van der Waals surface area contributed by atoms with Crippen LogP contribution in [0.3, 0.4) is 0 Å². The zero-order chi connectivity index (χ0) is 27.7. The van der Waals surface area contributed by atoms with E-state index in [1.807, 2.05) is 19.9 Å². The summed E-state index contributed by atoms with van der Waals surface area (Å²) in [5.74, 6) is 0.796. The van der Waals surface area contributed by atoms with Crippen LogP contribution in [0, 0.1) is 5.92 Å². The molecular formula is C34H64O. The smallest absolute Gasteiger partial charge is 0.0351 e. The predicted octanol–water partition coefficient (Wildman–Crippen LogP) is 11.8. The Hall–Kier alpha value is -1.60. The monoisotopic (exact) mass is 488 g/mol. The number of hydrogen-bond donors (Lipinski definition) is 0. The highest BCUT2D eigenvalue weighted by molar-refractivity contribution is 5.14. The van der Waals surface area contributed by atoms with Crippen molar-refractivity contribution in [2.45, 2.75) is 127 Å². The van der Waals surface area contributed by atoms with Crippen molar-refractivity contribution in [3.8, 4) is 0 Å². The quantitative estimate of drug-likeness (QED) is 0.210. The van der Waals surface area contributed by atoms with Crippen LogP contribution in [0.2, 0.25) is 0 Å². The first-order valence-electron chi connectivity index (χ1n) is 14.3. The van der Waals surface area contributed by atoms with E-state index in [4.69, 9.17) is 0 Å². The molecule has 0 aromatic heterocycles. The number of hydrogen-bond acceptors (Lipinski definition) is 1. The SMILES string of the molecule is C=C(/C=C\CC(C)CCC/C(C)=C\C)CCCC.CC.CCCC.CCc1ccccc1.COC. The molecule has 35 heavy (non-hydrogen) atoms. The number of unbranched alkanes of at least 4 members (excludes halogenated alkanes) is 2. The van der Waals surface area contributed by atoms with Gasteiger partial charge in [-0.3, -0.25) is 0 Å². The number of allylic oxidation sites excluding steroid dienone is 5. The summed E-state index contributed by atoms with van der Waals surface area (Å²) in [4.78, 5) is 0. The molecule has 0 radical (unpaired) electrons. The van der Waals surface area contributed by atoms with Crippen molar-refractivity contribution >= 4 is 0 Å². The average molecular weight is 489 g/mol. The second kappa shape index (κ2) is 37.0. The Morgan fingerprint density at radius 2 is 1.46 bits per heavy atom. The molecular weight excluding hydrogens is 424 g/mol. The highest BCUT2D eigenvalue weighted by Gasteiger charge is 2.00. The molecule has 1 aromatic carbocycles. The highest BCUT2D eigenvalue weighted by Crippen LogP contribution is 2.16. The lowest BCUT2D eigenvalue weighted by molar-refractivity contribution is 0.277. The molecule has 0 aliphatic heterocycles. The van der Waals surface area contributed by atoms with Crippen LogP contribution in [0.25, 0.3) is 0 Å². The summed E-state index contributed by atoms with van der Waals surface area (Å²) in [6, 6.07) is 10.5. The minimum Gasteiger partial charge on any atom is -0.388 e. The maximum absolute atomic E-state index is 4.25. The topological polar surface area (TPSA) is 9.23 Å². The van der Waals surface area contributed by atoms with Crippen molar-refractivity contribution in [3.05, 3.63) is 71.8 Å².